The van der Waals surface area contributed by atoms with Crippen molar-refractivity contribution >= 4 is 23.3 Å². The van der Waals surface area contributed by atoms with E-state index in [0.717, 1.165) is 5.69 Å². The normalized spacial score (nSPS) is 11.6. The Balaban J connectivity index is 2.90. The van der Waals surface area contributed by atoms with Crippen molar-refractivity contribution in [3.05, 3.63) is 24.3 Å². The number of carbonyl (C=O) groups is 2. The Morgan fingerprint density at radius 2 is 1.95 bits per heavy atom. The largest absolute Gasteiger partial charge is 0.468 e. The summed E-state index contributed by atoms with van der Waals surface area (Å²) in [5, 5.41) is 2.78. The molecule has 0 aliphatic carbocycles. The summed E-state index contributed by atoms with van der Waals surface area (Å²) >= 11 is 0. The summed E-state index contributed by atoms with van der Waals surface area (Å²) in [6, 6.07) is 7.43. The van der Waals surface area contributed by atoms with Crippen LogP contribution in [0.4, 0.5) is 11.4 Å². The van der Waals surface area contributed by atoms with Gasteiger partial charge in [0.2, 0.25) is 5.91 Å². The molecule has 0 saturated carbocycles. The van der Waals surface area contributed by atoms with Crippen LogP contribution in [0.15, 0.2) is 24.3 Å². The van der Waals surface area contributed by atoms with Gasteiger partial charge in [0.25, 0.3) is 0 Å². The van der Waals surface area contributed by atoms with E-state index in [1.165, 1.54) is 7.11 Å². The Kier molecular flexibility index (Phi) is 5.36. The molecule has 0 heterocycles. The van der Waals surface area contributed by atoms with Crippen LogP contribution < -0.4 is 10.2 Å². The molecule has 1 N–H and O–H groups in total. The fraction of sp³-hybridized carbons (Fsp3) is 0.429. The zero-order valence-corrected chi connectivity index (χ0v) is 11.8. The molecule has 0 fully saturated rings. The van der Waals surface area contributed by atoms with E-state index in [2.05, 4.69) is 10.1 Å². The third-order valence-electron chi connectivity index (χ3n) is 2.85. The van der Waals surface area contributed by atoms with E-state index in [1.54, 1.807) is 13.0 Å². The topological polar surface area (TPSA) is 58.6 Å². The summed E-state index contributed by atoms with van der Waals surface area (Å²) in [5.74, 6) is -1.63. The SMILES string of the molecule is CCC(C(=O)Nc1ccccc1N(C)C)C(=O)OC. The lowest BCUT2D eigenvalue weighted by Crippen LogP contribution is -2.30. The Morgan fingerprint density at radius 3 is 2.47 bits per heavy atom. The smallest absolute Gasteiger partial charge is 0.318 e. The van der Waals surface area contributed by atoms with Gasteiger partial charge in [0, 0.05) is 14.1 Å². The molecule has 5 heteroatoms. The monoisotopic (exact) mass is 264 g/mol. The molecule has 5 nitrogen and oxygen atoms in total. The standard InChI is InChI=1S/C14H20N2O3/c1-5-10(14(18)19-4)13(17)15-11-8-6-7-9-12(11)16(2)3/h6-10H,5H2,1-4H3,(H,15,17). The van der Waals surface area contributed by atoms with Crippen LogP contribution >= 0.6 is 0 Å². The lowest BCUT2D eigenvalue weighted by molar-refractivity contribution is -0.148. The lowest BCUT2D eigenvalue weighted by Gasteiger charge is -2.19. The van der Waals surface area contributed by atoms with Gasteiger partial charge in [-0.2, -0.15) is 0 Å². The maximum absolute atomic E-state index is 12.1. The van der Waals surface area contributed by atoms with Gasteiger partial charge in [-0.15, -0.1) is 0 Å². The molecule has 1 unspecified atom stereocenters. The van der Waals surface area contributed by atoms with E-state index >= 15 is 0 Å². The number of nitrogens with one attached hydrogen (secondary N) is 1. The zero-order valence-electron chi connectivity index (χ0n) is 11.8. The van der Waals surface area contributed by atoms with Crippen molar-refractivity contribution in [2.75, 3.05) is 31.4 Å². The van der Waals surface area contributed by atoms with E-state index in [-0.39, 0.29) is 5.91 Å². The van der Waals surface area contributed by atoms with Crippen LogP contribution in [0.2, 0.25) is 0 Å². The quantitative estimate of drug-likeness (QED) is 0.651. The first-order valence-electron chi connectivity index (χ1n) is 6.16. The van der Waals surface area contributed by atoms with Gasteiger partial charge in [-0.1, -0.05) is 19.1 Å². The number of benzene rings is 1. The fourth-order valence-corrected chi connectivity index (χ4v) is 1.79. The molecule has 104 valence electrons. The number of amides is 1. The maximum atomic E-state index is 12.1. The zero-order chi connectivity index (χ0) is 14.4. The van der Waals surface area contributed by atoms with Crippen LogP contribution in [0.1, 0.15) is 13.3 Å². The number of esters is 1. The predicted octanol–water partition coefficient (Wildman–Crippen LogP) is 1.89. The number of hydrogen-bond donors (Lipinski definition) is 1. The number of nitrogens with zero attached hydrogens (tertiary/aromatic N) is 1. The number of anilines is 2. The highest BCUT2D eigenvalue weighted by Gasteiger charge is 2.26. The third kappa shape index (κ3) is 3.71. The van der Waals surface area contributed by atoms with Crippen LogP contribution in [-0.2, 0) is 14.3 Å². The van der Waals surface area contributed by atoms with E-state index < -0.39 is 11.9 Å². The van der Waals surface area contributed by atoms with E-state index in [9.17, 15) is 9.59 Å². The van der Waals surface area contributed by atoms with Crippen LogP contribution in [0, 0.1) is 5.92 Å². The molecule has 1 rings (SSSR count). The summed E-state index contributed by atoms with van der Waals surface area (Å²) in [6.45, 7) is 1.78. The molecule has 1 amide bonds. The predicted molar refractivity (Wildman–Crippen MR) is 75.2 cm³/mol. The van der Waals surface area contributed by atoms with Crippen molar-refractivity contribution in [1.82, 2.24) is 0 Å². The molecule has 1 aromatic rings. The number of ether oxygens (including phenoxy) is 1. The van der Waals surface area contributed by atoms with Crippen molar-refractivity contribution in [2.45, 2.75) is 13.3 Å². The van der Waals surface area contributed by atoms with E-state index in [4.69, 9.17) is 0 Å². The number of carbonyl (C=O) groups excluding carboxylic acids is 2. The average molecular weight is 264 g/mol. The second-order valence-corrected chi connectivity index (χ2v) is 4.38. The fourth-order valence-electron chi connectivity index (χ4n) is 1.79. The molecule has 0 aliphatic heterocycles. The highest BCUT2D eigenvalue weighted by atomic mass is 16.5. The summed E-state index contributed by atoms with van der Waals surface area (Å²) in [7, 11) is 5.07. The molecule has 1 aromatic carbocycles. The summed E-state index contributed by atoms with van der Waals surface area (Å²) in [6.07, 6.45) is 0.405. The molecule has 0 aliphatic rings. The molecular weight excluding hydrogens is 244 g/mol. The van der Waals surface area contributed by atoms with Gasteiger partial charge >= 0.3 is 5.97 Å². The first-order chi connectivity index (χ1) is 9.01. The molecular formula is C14H20N2O3. The summed E-state index contributed by atoms with van der Waals surface area (Å²) in [5.41, 5.74) is 1.57. The highest BCUT2D eigenvalue weighted by Crippen LogP contribution is 2.24. The van der Waals surface area contributed by atoms with Crippen molar-refractivity contribution < 1.29 is 14.3 Å². The first kappa shape index (κ1) is 15.0. The van der Waals surface area contributed by atoms with Crippen LogP contribution in [0.5, 0.6) is 0 Å². The van der Waals surface area contributed by atoms with Gasteiger partial charge in [0.1, 0.15) is 5.92 Å². The molecule has 0 saturated heterocycles. The minimum absolute atomic E-state index is 0.344. The molecule has 0 spiro atoms. The second-order valence-electron chi connectivity index (χ2n) is 4.38. The van der Waals surface area contributed by atoms with E-state index in [1.807, 2.05) is 37.2 Å². The summed E-state index contributed by atoms with van der Waals surface area (Å²) < 4.78 is 4.63. The van der Waals surface area contributed by atoms with Gasteiger partial charge in [-0.3, -0.25) is 9.59 Å². The van der Waals surface area contributed by atoms with Crippen molar-refractivity contribution in [3.8, 4) is 0 Å². The highest BCUT2D eigenvalue weighted by molar-refractivity contribution is 6.06. The minimum Gasteiger partial charge on any atom is -0.468 e. The number of hydrogen-bond acceptors (Lipinski definition) is 4. The molecule has 1 atom stereocenters. The van der Waals surface area contributed by atoms with Gasteiger partial charge in [0.05, 0.1) is 18.5 Å². The van der Waals surface area contributed by atoms with Crippen molar-refractivity contribution in [3.63, 3.8) is 0 Å². The number of rotatable bonds is 5. The Labute approximate surface area is 113 Å². The average Bonchev–Trinajstić information content (AvgIpc) is 2.39. The van der Waals surface area contributed by atoms with Crippen molar-refractivity contribution in [2.24, 2.45) is 5.92 Å². The van der Waals surface area contributed by atoms with Crippen LogP contribution in [0.25, 0.3) is 0 Å². The maximum Gasteiger partial charge on any atom is 0.318 e. The molecule has 0 radical (unpaired) electrons. The minimum atomic E-state index is -0.778. The van der Waals surface area contributed by atoms with Crippen molar-refractivity contribution in [1.29, 1.82) is 0 Å². The van der Waals surface area contributed by atoms with Gasteiger partial charge in [-0.25, -0.2) is 0 Å². The van der Waals surface area contributed by atoms with Crippen LogP contribution in [0.3, 0.4) is 0 Å². The Hall–Kier alpha value is -2.04. The number of methoxy groups -OCH3 is 1. The molecule has 0 aromatic heterocycles. The second kappa shape index (κ2) is 6.78. The molecule has 19 heavy (non-hydrogen) atoms. The van der Waals surface area contributed by atoms with Gasteiger partial charge in [0.15, 0.2) is 0 Å². The van der Waals surface area contributed by atoms with Crippen LogP contribution in [-0.4, -0.2) is 33.1 Å². The lowest BCUT2D eigenvalue weighted by atomic mass is 10.1. The first-order valence-corrected chi connectivity index (χ1v) is 6.16. The number of para-hydroxylation sites is 2. The van der Waals surface area contributed by atoms with Gasteiger partial charge < -0.3 is 15.0 Å². The van der Waals surface area contributed by atoms with Gasteiger partial charge in [-0.05, 0) is 18.6 Å². The third-order valence-corrected chi connectivity index (χ3v) is 2.85. The Bertz CT molecular complexity index is 458. The molecule has 0 bridgehead atoms. The van der Waals surface area contributed by atoms with E-state index in [0.29, 0.717) is 12.1 Å². The Morgan fingerprint density at radius 1 is 1.32 bits per heavy atom. The summed E-state index contributed by atoms with van der Waals surface area (Å²) in [4.78, 5) is 25.5.